The molecule has 0 aliphatic carbocycles. The zero-order valence-electron chi connectivity index (χ0n) is 11.1. The molecule has 1 heterocycles. The van der Waals surface area contributed by atoms with Gasteiger partial charge in [-0.1, -0.05) is 13.8 Å². The molecule has 0 aromatic rings. The number of nitrogens with two attached hydrogens (primary N) is 1. The van der Waals surface area contributed by atoms with Crippen LogP contribution in [0.3, 0.4) is 0 Å². The van der Waals surface area contributed by atoms with Crippen LogP contribution in [0, 0.1) is 5.92 Å². The van der Waals surface area contributed by atoms with Crippen molar-refractivity contribution in [3.63, 3.8) is 0 Å². The number of amides is 2. The Morgan fingerprint density at radius 2 is 2.12 bits per heavy atom. The minimum absolute atomic E-state index is 0.117. The van der Waals surface area contributed by atoms with Gasteiger partial charge in [0, 0.05) is 13.1 Å². The van der Waals surface area contributed by atoms with E-state index in [1.807, 2.05) is 13.8 Å². The monoisotopic (exact) mass is 241 g/mol. The van der Waals surface area contributed by atoms with Gasteiger partial charge in [0.15, 0.2) is 0 Å². The van der Waals surface area contributed by atoms with E-state index in [9.17, 15) is 9.59 Å². The van der Waals surface area contributed by atoms with E-state index in [2.05, 4.69) is 5.32 Å². The Kier molecular flexibility index (Phi) is 4.14. The van der Waals surface area contributed by atoms with E-state index in [0.29, 0.717) is 25.4 Å². The standard InChI is InChI=1S/C12H23N3O2/c1-8(2)7-9(13)10(16)15-6-5-14-11(17)12(15,3)4/h8-9H,5-7,13H2,1-4H3,(H,14,17). The fourth-order valence-electron chi connectivity index (χ4n) is 2.09. The van der Waals surface area contributed by atoms with Gasteiger partial charge >= 0.3 is 0 Å². The normalized spacial score (nSPS) is 21.3. The molecule has 0 aromatic heterocycles. The highest BCUT2D eigenvalue weighted by Gasteiger charge is 2.41. The lowest BCUT2D eigenvalue weighted by molar-refractivity contribution is -0.150. The molecular formula is C12H23N3O2. The van der Waals surface area contributed by atoms with Crippen molar-refractivity contribution in [2.24, 2.45) is 11.7 Å². The van der Waals surface area contributed by atoms with Gasteiger partial charge in [-0.2, -0.15) is 0 Å². The molecule has 1 unspecified atom stereocenters. The second-order valence-corrected chi connectivity index (χ2v) is 5.54. The average molecular weight is 241 g/mol. The number of carbonyl (C=O) groups is 2. The third-order valence-electron chi connectivity index (χ3n) is 3.16. The van der Waals surface area contributed by atoms with Crippen LogP contribution in [0.25, 0.3) is 0 Å². The summed E-state index contributed by atoms with van der Waals surface area (Å²) in [5, 5.41) is 2.76. The number of piperazine rings is 1. The summed E-state index contributed by atoms with van der Waals surface area (Å²) in [6.45, 7) is 8.59. The average Bonchev–Trinajstić information content (AvgIpc) is 2.20. The second-order valence-electron chi connectivity index (χ2n) is 5.54. The van der Waals surface area contributed by atoms with Gasteiger partial charge in [-0.3, -0.25) is 9.59 Å². The number of nitrogens with zero attached hydrogens (tertiary/aromatic N) is 1. The summed E-state index contributed by atoms with van der Waals surface area (Å²) < 4.78 is 0. The molecule has 1 atom stereocenters. The third-order valence-corrected chi connectivity index (χ3v) is 3.16. The fraction of sp³-hybridized carbons (Fsp3) is 0.833. The van der Waals surface area contributed by atoms with Crippen LogP contribution in [0.2, 0.25) is 0 Å². The molecule has 1 rings (SSSR count). The first-order valence-corrected chi connectivity index (χ1v) is 6.12. The molecule has 98 valence electrons. The maximum Gasteiger partial charge on any atom is 0.245 e. The first kappa shape index (κ1) is 14.0. The highest BCUT2D eigenvalue weighted by atomic mass is 16.2. The van der Waals surface area contributed by atoms with E-state index in [1.165, 1.54) is 0 Å². The van der Waals surface area contributed by atoms with Crippen molar-refractivity contribution in [1.29, 1.82) is 0 Å². The summed E-state index contributed by atoms with van der Waals surface area (Å²) in [5.74, 6) is 0.128. The minimum Gasteiger partial charge on any atom is -0.352 e. The van der Waals surface area contributed by atoms with Crippen molar-refractivity contribution in [3.05, 3.63) is 0 Å². The number of carbonyl (C=O) groups excluding carboxylic acids is 2. The van der Waals surface area contributed by atoms with Crippen molar-refractivity contribution in [2.75, 3.05) is 13.1 Å². The second kappa shape index (κ2) is 5.04. The molecule has 0 bridgehead atoms. The Labute approximate surface area is 103 Å². The fourth-order valence-corrected chi connectivity index (χ4v) is 2.09. The Balaban J connectivity index is 2.77. The number of hydrogen-bond donors (Lipinski definition) is 2. The molecule has 0 saturated carbocycles. The number of hydrogen-bond acceptors (Lipinski definition) is 3. The van der Waals surface area contributed by atoms with Crippen LogP contribution in [0.15, 0.2) is 0 Å². The molecule has 5 heteroatoms. The van der Waals surface area contributed by atoms with Crippen LogP contribution < -0.4 is 11.1 Å². The van der Waals surface area contributed by atoms with E-state index in [-0.39, 0.29) is 11.8 Å². The zero-order chi connectivity index (χ0) is 13.2. The third kappa shape index (κ3) is 2.97. The summed E-state index contributed by atoms with van der Waals surface area (Å²) in [4.78, 5) is 25.5. The molecule has 3 N–H and O–H groups in total. The van der Waals surface area contributed by atoms with Gasteiger partial charge in [0.25, 0.3) is 0 Å². The van der Waals surface area contributed by atoms with E-state index < -0.39 is 11.6 Å². The molecule has 1 saturated heterocycles. The van der Waals surface area contributed by atoms with Crippen LogP contribution >= 0.6 is 0 Å². The van der Waals surface area contributed by atoms with Crippen LogP contribution in [-0.4, -0.2) is 41.4 Å². The Morgan fingerprint density at radius 3 is 2.65 bits per heavy atom. The zero-order valence-corrected chi connectivity index (χ0v) is 11.1. The lowest BCUT2D eigenvalue weighted by Gasteiger charge is -2.42. The molecule has 0 spiro atoms. The van der Waals surface area contributed by atoms with E-state index in [1.54, 1.807) is 18.7 Å². The minimum atomic E-state index is -0.802. The van der Waals surface area contributed by atoms with Crippen molar-refractivity contribution >= 4 is 11.8 Å². The van der Waals surface area contributed by atoms with Gasteiger partial charge in [-0.25, -0.2) is 0 Å². The smallest absolute Gasteiger partial charge is 0.245 e. The summed E-state index contributed by atoms with van der Waals surface area (Å²) >= 11 is 0. The SMILES string of the molecule is CC(C)CC(N)C(=O)N1CCNC(=O)C1(C)C. The summed E-state index contributed by atoms with van der Waals surface area (Å²) in [7, 11) is 0. The Bertz CT molecular complexity index is 313. The lowest BCUT2D eigenvalue weighted by atomic mass is 9.96. The largest absolute Gasteiger partial charge is 0.352 e. The maximum absolute atomic E-state index is 12.2. The predicted octanol–water partition coefficient (Wildman–Crippen LogP) is 0.0968. The molecule has 17 heavy (non-hydrogen) atoms. The van der Waals surface area contributed by atoms with Crippen molar-refractivity contribution in [3.8, 4) is 0 Å². The molecule has 1 aliphatic heterocycles. The van der Waals surface area contributed by atoms with Gasteiger partial charge in [0.2, 0.25) is 11.8 Å². The molecule has 0 radical (unpaired) electrons. The van der Waals surface area contributed by atoms with Gasteiger partial charge in [0.1, 0.15) is 5.54 Å². The highest BCUT2D eigenvalue weighted by Crippen LogP contribution is 2.19. The van der Waals surface area contributed by atoms with Gasteiger partial charge < -0.3 is 16.0 Å². The summed E-state index contributed by atoms with van der Waals surface area (Å²) in [5.41, 5.74) is 5.09. The van der Waals surface area contributed by atoms with Crippen LogP contribution in [0.4, 0.5) is 0 Å². The topological polar surface area (TPSA) is 75.4 Å². The Hall–Kier alpha value is -1.10. The quantitative estimate of drug-likeness (QED) is 0.735. The van der Waals surface area contributed by atoms with E-state index in [4.69, 9.17) is 5.73 Å². The Morgan fingerprint density at radius 1 is 1.53 bits per heavy atom. The van der Waals surface area contributed by atoms with E-state index >= 15 is 0 Å². The van der Waals surface area contributed by atoms with Gasteiger partial charge in [-0.05, 0) is 26.2 Å². The molecular weight excluding hydrogens is 218 g/mol. The van der Waals surface area contributed by atoms with Crippen molar-refractivity contribution in [2.45, 2.75) is 45.7 Å². The maximum atomic E-state index is 12.2. The molecule has 2 amide bonds. The lowest BCUT2D eigenvalue weighted by Crippen LogP contribution is -2.65. The van der Waals surface area contributed by atoms with E-state index in [0.717, 1.165) is 0 Å². The van der Waals surface area contributed by atoms with Crippen molar-refractivity contribution in [1.82, 2.24) is 10.2 Å². The summed E-state index contributed by atoms with van der Waals surface area (Å²) in [6.07, 6.45) is 0.646. The predicted molar refractivity (Wildman–Crippen MR) is 66.2 cm³/mol. The highest BCUT2D eigenvalue weighted by molar-refractivity contribution is 5.93. The molecule has 0 aromatic carbocycles. The first-order chi connectivity index (χ1) is 7.76. The van der Waals surface area contributed by atoms with Gasteiger partial charge in [-0.15, -0.1) is 0 Å². The number of rotatable bonds is 3. The molecule has 1 fully saturated rings. The number of nitrogens with one attached hydrogen (secondary N) is 1. The van der Waals surface area contributed by atoms with Crippen LogP contribution in [-0.2, 0) is 9.59 Å². The molecule has 5 nitrogen and oxygen atoms in total. The first-order valence-electron chi connectivity index (χ1n) is 6.12. The van der Waals surface area contributed by atoms with Crippen LogP contribution in [0.5, 0.6) is 0 Å². The van der Waals surface area contributed by atoms with Gasteiger partial charge in [0.05, 0.1) is 6.04 Å². The molecule has 1 aliphatic rings. The summed E-state index contributed by atoms with van der Waals surface area (Å²) in [6, 6.07) is -0.514. The van der Waals surface area contributed by atoms with Crippen molar-refractivity contribution < 1.29 is 9.59 Å². The van der Waals surface area contributed by atoms with Crippen LogP contribution in [0.1, 0.15) is 34.1 Å².